The SMILES string of the molecule is Fc1cccc(/C=C/Oc2ccc(Nc3ncc(-n4cncn4)s3)cc2)c1. The van der Waals surface area contributed by atoms with E-state index >= 15 is 0 Å². The molecule has 0 aliphatic carbocycles. The van der Waals surface area contributed by atoms with Crippen molar-refractivity contribution in [3.05, 3.63) is 85.0 Å². The van der Waals surface area contributed by atoms with E-state index in [0.717, 1.165) is 21.4 Å². The molecular formula is C19H14FN5OS. The Kier molecular flexibility index (Phi) is 4.88. The summed E-state index contributed by atoms with van der Waals surface area (Å²) in [6.45, 7) is 0. The highest BCUT2D eigenvalue weighted by molar-refractivity contribution is 7.18. The van der Waals surface area contributed by atoms with E-state index in [9.17, 15) is 4.39 Å². The third kappa shape index (κ3) is 4.36. The van der Waals surface area contributed by atoms with Crippen LogP contribution < -0.4 is 10.1 Å². The lowest BCUT2D eigenvalue weighted by molar-refractivity contribution is 0.485. The topological polar surface area (TPSA) is 64.9 Å². The molecule has 2 heterocycles. The van der Waals surface area contributed by atoms with E-state index in [2.05, 4.69) is 20.4 Å². The molecule has 27 heavy (non-hydrogen) atoms. The molecule has 0 bridgehead atoms. The lowest BCUT2D eigenvalue weighted by Gasteiger charge is -2.04. The lowest BCUT2D eigenvalue weighted by atomic mass is 10.2. The van der Waals surface area contributed by atoms with Gasteiger partial charge in [0.2, 0.25) is 0 Å². The second-order valence-electron chi connectivity index (χ2n) is 5.47. The highest BCUT2D eigenvalue weighted by Crippen LogP contribution is 2.25. The summed E-state index contributed by atoms with van der Waals surface area (Å²) in [4.78, 5) is 8.25. The summed E-state index contributed by atoms with van der Waals surface area (Å²) in [5, 5.41) is 8.93. The number of ether oxygens (including phenoxy) is 1. The Morgan fingerprint density at radius 3 is 2.81 bits per heavy atom. The minimum Gasteiger partial charge on any atom is -0.465 e. The molecule has 1 N–H and O–H groups in total. The number of aromatic nitrogens is 4. The average molecular weight is 379 g/mol. The van der Waals surface area contributed by atoms with Crippen LogP contribution in [0.3, 0.4) is 0 Å². The molecule has 0 saturated heterocycles. The number of thiazole rings is 1. The van der Waals surface area contributed by atoms with E-state index in [1.807, 2.05) is 24.3 Å². The fourth-order valence-electron chi connectivity index (χ4n) is 2.29. The molecule has 4 aromatic rings. The Balaban J connectivity index is 1.36. The van der Waals surface area contributed by atoms with Gasteiger partial charge in [-0.15, -0.1) is 0 Å². The smallest absolute Gasteiger partial charge is 0.189 e. The number of rotatable bonds is 6. The number of hydrogen-bond acceptors (Lipinski definition) is 6. The van der Waals surface area contributed by atoms with Gasteiger partial charge < -0.3 is 10.1 Å². The fraction of sp³-hybridized carbons (Fsp3) is 0. The van der Waals surface area contributed by atoms with Gasteiger partial charge in [0.15, 0.2) is 5.13 Å². The van der Waals surface area contributed by atoms with Crippen molar-refractivity contribution in [1.82, 2.24) is 19.7 Å². The van der Waals surface area contributed by atoms with Crippen molar-refractivity contribution in [3.8, 4) is 10.8 Å². The van der Waals surface area contributed by atoms with Gasteiger partial charge in [-0.05, 0) is 48.0 Å². The molecule has 0 unspecified atom stereocenters. The minimum absolute atomic E-state index is 0.276. The van der Waals surface area contributed by atoms with Crippen LogP contribution in [0, 0.1) is 5.82 Å². The van der Waals surface area contributed by atoms with Gasteiger partial charge in [0, 0.05) is 5.69 Å². The second-order valence-corrected chi connectivity index (χ2v) is 6.48. The van der Waals surface area contributed by atoms with E-state index in [0.29, 0.717) is 5.75 Å². The third-order valence-corrected chi connectivity index (χ3v) is 4.46. The van der Waals surface area contributed by atoms with E-state index in [1.54, 1.807) is 35.4 Å². The molecule has 0 aliphatic heterocycles. The normalized spacial score (nSPS) is 11.0. The van der Waals surface area contributed by atoms with E-state index in [1.165, 1.54) is 36.1 Å². The van der Waals surface area contributed by atoms with Crippen molar-refractivity contribution in [2.24, 2.45) is 0 Å². The van der Waals surface area contributed by atoms with Gasteiger partial charge in [-0.25, -0.2) is 19.0 Å². The zero-order valence-corrected chi connectivity index (χ0v) is 14.8. The molecule has 0 saturated carbocycles. The van der Waals surface area contributed by atoms with Crippen molar-refractivity contribution in [2.75, 3.05) is 5.32 Å². The van der Waals surface area contributed by atoms with Gasteiger partial charge >= 0.3 is 0 Å². The monoisotopic (exact) mass is 379 g/mol. The van der Waals surface area contributed by atoms with Crippen LogP contribution in [-0.2, 0) is 0 Å². The summed E-state index contributed by atoms with van der Waals surface area (Å²) in [5.41, 5.74) is 1.62. The Morgan fingerprint density at radius 2 is 2.04 bits per heavy atom. The number of hydrogen-bond donors (Lipinski definition) is 1. The van der Waals surface area contributed by atoms with Gasteiger partial charge in [0.25, 0.3) is 0 Å². The van der Waals surface area contributed by atoms with Crippen LogP contribution in [-0.4, -0.2) is 19.7 Å². The maximum atomic E-state index is 13.1. The Bertz CT molecular complexity index is 1040. The predicted molar refractivity (Wildman–Crippen MR) is 103 cm³/mol. The van der Waals surface area contributed by atoms with Crippen molar-refractivity contribution in [1.29, 1.82) is 0 Å². The summed E-state index contributed by atoms with van der Waals surface area (Å²) < 4.78 is 20.3. The maximum absolute atomic E-state index is 13.1. The molecule has 4 rings (SSSR count). The number of nitrogens with one attached hydrogen (secondary N) is 1. The lowest BCUT2D eigenvalue weighted by Crippen LogP contribution is -1.89. The standard InChI is InChI=1S/C19H14FN5OS/c20-15-3-1-2-14(10-15)8-9-26-17-6-4-16(5-7-17)24-19-22-11-18(27-19)25-13-21-12-23-25/h1-13H,(H,22,24)/b9-8+. The first-order valence-electron chi connectivity index (χ1n) is 8.03. The molecule has 0 radical (unpaired) electrons. The number of anilines is 2. The first kappa shape index (κ1) is 16.9. The molecular weight excluding hydrogens is 365 g/mol. The van der Waals surface area contributed by atoms with Gasteiger partial charge in [-0.1, -0.05) is 23.5 Å². The van der Waals surface area contributed by atoms with Crippen LogP contribution in [0.15, 0.2) is 73.6 Å². The first-order valence-corrected chi connectivity index (χ1v) is 8.85. The van der Waals surface area contributed by atoms with Gasteiger partial charge in [0.1, 0.15) is 29.2 Å². The highest BCUT2D eigenvalue weighted by atomic mass is 32.1. The molecule has 8 heteroatoms. The maximum Gasteiger partial charge on any atom is 0.189 e. The van der Waals surface area contributed by atoms with E-state index in [4.69, 9.17) is 4.74 Å². The van der Waals surface area contributed by atoms with Crippen molar-refractivity contribution < 1.29 is 9.13 Å². The number of halogens is 1. The fourth-order valence-corrected chi connectivity index (χ4v) is 3.06. The Labute approximate surface area is 158 Å². The van der Waals surface area contributed by atoms with Crippen LogP contribution in [0.25, 0.3) is 11.1 Å². The molecule has 2 aromatic carbocycles. The van der Waals surface area contributed by atoms with Gasteiger partial charge in [-0.2, -0.15) is 5.10 Å². The Hall–Kier alpha value is -3.52. The zero-order chi connectivity index (χ0) is 18.5. The Morgan fingerprint density at radius 1 is 1.15 bits per heavy atom. The second kappa shape index (κ2) is 7.79. The largest absolute Gasteiger partial charge is 0.465 e. The summed E-state index contributed by atoms with van der Waals surface area (Å²) in [6, 6.07) is 13.8. The van der Waals surface area contributed by atoms with E-state index in [-0.39, 0.29) is 5.82 Å². The molecule has 0 spiro atoms. The van der Waals surface area contributed by atoms with E-state index < -0.39 is 0 Å². The summed E-state index contributed by atoms with van der Waals surface area (Å²) >= 11 is 1.47. The number of nitrogens with zero attached hydrogens (tertiary/aromatic N) is 4. The first-order chi connectivity index (χ1) is 13.3. The van der Waals surface area contributed by atoms with Crippen LogP contribution in [0.1, 0.15) is 5.56 Å². The predicted octanol–water partition coefficient (Wildman–Crippen LogP) is 4.66. The quantitative estimate of drug-likeness (QED) is 0.494. The third-order valence-electron chi connectivity index (χ3n) is 3.56. The van der Waals surface area contributed by atoms with Crippen LogP contribution in [0.2, 0.25) is 0 Å². The molecule has 0 aliphatic rings. The molecule has 0 atom stereocenters. The molecule has 6 nitrogen and oxygen atoms in total. The van der Waals surface area contributed by atoms with Gasteiger partial charge in [-0.3, -0.25) is 0 Å². The molecule has 2 aromatic heterocycles. The van der Waals surface area contributed by atoms with Crippen molar-refractivity contribution >= 4 is 28.2 Å². The molecule has 134 valence electrons. The highest BCUT2D eigenvalue weighted by Gasteiger charge is 2.05. The zero-order valence-electron chi connectivity index (χ0n) is 14.0. The summed E-state index contributed by atoms with van der Waals surface area (Å²) in [7, 11) is 0. The van der Waals surface area contributed by atoms with Crippen molar-refractivity contribution in [2.45, 2.75) is 0 Å². The average Bonchev–Trinajstić information content (AvgIpc) is 3.35. The van der Waals surface area contributed by atoms with Crippen LogP contribution in [0.5, 0.6) is 5.75 Å². The van der Waals surface area contributed by atoms with Crippen LogP contribution >= 0.6 is 11.3 Å². The van der Waals surface area contributed by atoms with Crippen LogP contribution in [0.4, 0.5) is 15.2 Å². The minimum atomic E-state index is -0.276. The van der Waals surface area contributed by atoms with Crippen molar-refractivity contribution in [3.63, 3.8) is 0 Å². The molecule has 0 amide bonds. The summed E-state index contributed by atoms with van der Waals surface area (Å²) in [6.07, 6.45) is 8.07. The number of benzene rings is 2. The molecule has 0 fully saturated rings. The summed E-state index contributed by atoms with van der Waals surface area (Å²) in [5.74, 6) is 0.400. The van der Waals surface area contributed by atoms with Gasteiger partial charge in [0.05, 0.1) is 12.5 Å².